The molecule has 0 spiro atoms. The van der Waals surface area contributed by atoms with Gasteiger partial charge in [0.05, 0.1) is 49.4 Å². The Hall–Kier alpha value is -5.58. The summed E-state index contributed by atoms with van der Waals surface area (Å²) in [5, 5.41) is 5.68. The number of fused-ring (bicyclic) bond motifs is 4. The van der Waals surface area contributed by atoms with E-state index in [2.05, 4.69) is 93.0 Å². The highest BCUT2D eigenvalue weighted by Crippen LogP contribution is 2.60. The smallest absolute Gasteiger partial charge is 0.163 e. The Morgan fingerprint density at radius 1 is 0.477 bits per heavy atom. The predicted molar refractivity (Wildman–Crippen MR) is 174 cm³/mol. The van der Waals surface area contributed by atoms with E-state index in [4.69, 9.17) is 14.2 Å². The van der Waals surface area contributed by atoms with E-state index in [-0.39, 0.29) is 0 Å². The Labute approximate surface area is 252 Å². The molecule has 0 aliphatic carbocycles. The standard InChI is InChI=1S/C37H20N3O3P/c1-4-11-24-21(8-1)22-9-2-5-12-25(22)40(24)28-17-19-31-36-34(28)43-32-18-16-27(39-20-38-23-10-3-6-13-26(23)39)33-37(32)44(36)35-29(41-31)14-7-15-30(35)42-33/h1-20H. The van der Waals surface area contributed by atoms with Crippen LogP contribution in [-0.4, -0.2) is 14.1 Å². The summed E-state index contributed by atoms with van der Waals surface area (Å²) >= 11 is 0. The van der Waals surface area contributed by atoms with Crippen LogP contribution < -0.4 is 30.1 Å². The van der Waals surface area contributed by atoms with E-state index in [0.717, 1.165) is 83.9 Å². The van der Waals surface area contributed by atoms with Gasteiger partial charge in [0.15, 0.2) is 11.5 Å². The second-order valence-electron chi connectivity index (χ2n) is 11.2. The van der Waals surface area contributed by atoms with E-state index in [1.807, 2.05) is 42.7 Å². The Morgan fingerprint density at radius 3 is 1.80 bits per heavy atom. The third-order valence-corrected chi connectivity index (χ3v) is 11.6. The van der Waals surface area contributed by atoms with E-state index in [0.29, 0.717) is 0 Å². The van der Waals surface area contributed by atoms with Crippen molar-refractivity contribution < 1.29 is 14.2 Å². The highest BCUT2D eigenvalue weighted by molar-refractivity contribution is 7.81. The topological polar surface area (TPSA) is 50.4 Å². The molecule has 2 aromatic heterocycles. The summed E-state index contributed by atoms with van der Waals surface area (Å²) in [6.07, 6.45) is 1.87. The highest BCUT2D eigenvalue weighted by atomic mass is 31.1. The fourth-order valence-corrected chi connectivity index (χ4v) is 9.89. The maximum absolute atomic E-state index is 6.97. The Bertz CT molecular complexity index is 2510. The monoisotopic (exact) mass is 585 g/mol. The third-order valence-electron chi connectivity index (χ3n) is 8.96. The minimum absolute atomic E-state index is 0.808. The van der Waals surface area contributed by atoms with Crippen LogP contribution in [0.1, 0.15) is 0 Å². The number of rotatable bonds is 2. The predicted octanol–water partition coefficient (Wildman–Crippen LogP) is 8.20. The molecule has 6 nitrogen and oxygen atoms in total. The van der Waals surface area contributed by atoms with Crippen molar-refractivity contribution in [3.8, 4) is 45.9 Å². The van der Waals surface area contributed by atoms with Gasteiger partial charge in [-0.15, -0.1) is 0 Å². The molecule has 206 valence electrons. The van der Waals surface area contributed by atoms with E-state index >= 15 is 0 Å². The first-order valence-electron chi connectivity index (χ1n) is 14.6. The molecule has 7 heteroatoms. The third kappa shape index (κ3) is 2.77. The van der Waals surface area contributed by atoms with Gasteiger partial charge in [0.2, 0.25) is 0 Å². The molecule has 44 heavy (non-hydrogen) atoms. The van der Waals surface area contributed by atoms with Gasteiger partial charge >= 0.3 is 0 Å². The van der Waals surface area contributed by atoms with Crippen molar-refractivity contribution in [1.82, 2.24) is 14.1 Å². The number of nitrogens with zero attached hydrogens (tertiary/aromatic N) is 3. The van der Waals surface area contributed by atoms with Crippen LogP contribution in [-0.2, 0) is 0 Å². The highest BCUT2D eigenvalue weighted by Gasteiger charge is 2.45. The van der Waals surface area contributed by atoms with E-state index in [1.54, 1.807) is 0 Å². The second-order valence-corrected chi connectivity index (χ2v) is 13.3. The minimum Gasteiger partial charge on any atom is -0.456 e. The molecule has 0 fully saturated rings. The molecule has 0 amide bonds. The molecule has 11 rings (SSSR count). The zero-order valence-corrected chi connectivity index (χ0v) is 24.0. The van der Waals surface area contributed by atoms with Gasteiger partial charge in [0, 0.05) is 18.7 Å². The molecule has 0 saturated carbocycles. The minimum atomic E-state index is -1.04. The van der Waals surface area contributed by atoms with Crippen LogP contribution in [0.15, 0.2) is 122 Å². The van der Waals surface area contributed by atoms with E-state index < -0.39 is 7.92 Å². The van der Waals surface area contributed by atoms with Crippen LogP contribution in [0, 0.1) is 0 Å². The Morgan fingerprint density at radius 2 is 1.05 bits per heavy atom. The molecule has 0 radical (unpaired) electrons. The van der Waals surface area contributed by atoms with E-state index in [9.17, 15) is 0 Å². The average molecular weight is 586 g/mol. The lowest BCUT2D eigenvalue weighted by Gasteiger charge is -2.40. The summed E-state index contributed by atoms with van der Waals surface area (Å²) in [6, 6.07) is 39.8. The lowest BCUT2D eigenvalue weighted by atomic mass is 10.2. The summed E-state index contributed by atoms with van der Waals surface area (Å²) < 4.78 is 24.8. The first-order chi connectivity index (χ1) is 21.8. The van der Waals surface area contributed by atoms with Crippen LogP contribution in [0.3, 0.4) is 0 Å². The van der Waals surface area contributed by atoms with Crippen LogP contribution in [0.5, 0.6) is 34.5 Å². The molecule has 1 atom stereocenters. The summed E-state index contributed by atoms with van der Waals surface area (Å²) in [4.78, 5) is 4.67. The molecule has 0 saturated heterocycles. The van der Waals surface area contributed by atoms with Gasteiger partial charge in [-0.05, 0) is 60.7 Å². The molecular formula is C37H20N3O3P. The maximum atomic E-state index is 6.97. The van der Waals surface area contributed by atoms with Crippen molar-refractivity contribution in [3.63, 3.8) is 0 Å². The van der Waals surface area contributed by atoms with Crippen LogP contribution in [0.4, 0.5) is 0 Å². The summed E-state index contributed by atoms with van der Waals surface area (Å²) in [5.74, 6) is 4.95. The molecule has 3 aliphatic heterocycles. The lowest BCUT2D eigenvalue weighted by Crippen LogP contribution is -2.36. The largest absolute Gasteiger partial charge is 0.456 e. The molecule has 5 heterocycles. The first kappa shape index (κ1) is 22.9. The summed E-state index contributed by atoms with van der Waals surface area (Å²) in [7, 11) is -1.04. The van der Waals surface area contributed by atoms with Gasteiger partial charge in [-0.2, -0.15) is 0 Å². The van der Waals surface area contributed by atoms with Crippen LogP contribution >= 0.6 is 7.92 Å². The van der Waals surface area contributed by atoms with Gasteiger partial charge in [-0.1, -0.05) is 54.6 Å². The van der Waals surface area contributed by atoms with Crippen LogP contribution in [0.2, 0.25) is 0 Å². The lowest BCUT2D eigenvalue weighted by molar-refractivity contribution is 0.444. The van der Waals surface area contributed by atoms with Gasteiger partial charge in [0.25, 0.3) is 0 Å². The maximum Gasteiger partial charge on any atom is 0.163 e. The number of ether oxygens (including phenoxy) is 3. The number of imidazole rings is 1. The number of hydrogen-bond donors (Lipinski definition) is 0. The molecule has 0 N–H and O–H groups in total. The van der Waals surface area contributed by atoms with Gasteiger partial charge in [-0.3, -0.25) is 4.57 Å². The fraction of sp³-hybridized carbons (Fsp3) is 0. The molecule has 0 bridgehead atoms. The normalized spacial score (nSPS) is 15.1. The van der Waals surface area contributed by atoms with Crippen molar-refractivity contribution in [2.45, 2.75) is 0 Å². The SMILES string of the molecule is c1cc2c3c(c1)Oc1c(-n4cnc5ccccc54)ccc4c1P3c1c(ccc(-n3c5ccccc5c5ccccc53)c1O4)O2. The Balaban J connectivity index is 1.22. The van der Waals surface area contributed by atoms with Crippen molar-refractivity contribution >= 4 is 56.7 Å². The van der Waals surface area contributed by atoms with Gasteiger partial charge in [0.1, 0.15) is 29.3 Å². The fourth-order valence-electron chi connectivity index (χ4n) is 7.13. The molecule has 8 aromatic rings. The summed E-state index contributed by atoms with van der Waals surface area (Å²) in [5.41, 5.74) is 6.18. The summed E-state index contributed by atoms with van der Waals surface area (Å²) in [6.45, 7) is 0. The van der Waals surface area contributed by atoms with Crippen molar-refractivity contribution in [2.24, 2.45) is 0 Å². The quantitative estimate of drug-likeness (QED) is 0.192. The van der Waals surface area contributed by atoms with Crippen molar-refractivity contribution in [1.29, 1.82) is 0 Å². The molecular weight excluding hydrogens is 565 g/mol. The number of aromatic nitrogens is 3. The zero-order chi connectivity index (χ0) is 28.5. The molecule has 6 aromatic carbocycles. The second kappa shape index (κ2) is 8.07. The van der Waals surface area contributed by atoms with Gasteiger partial charge < -0.3 is 18.8 Å². The number of para-hydroxylation sites is 4. The van der Waals surface area contributed by atoms with E-state index in [1.165, 1.54) is 10.8 Å². The zero-order valence-electron chi connectivity index (χ0n) is 23.1. The first-order valence-corrected chi connectivity index (χ1v) is 15.9. The number of benzene rings is 6. The Kier molecular flexibility index (Phi) is 4.21. The van der Waals surface area contributed by atoms with Crippen molar-refractivity contribution in [3.05, 3.63) is 122 Å². The van der Waals surface area contributed by atoms with Crippen LogP contribution in [0.25, 0.3) is 44.2 Å². The average Bonchev–Trinajstić information content (AvgIpc) is 3.65. The van der Waals surface area contributed by atoms with Crippen molar-refractivity contribution in [2.75, 3.05) is 0 Å². The van der Waals surface area contributed by atoms with Gasteiger partial charge in [-0.25, -0.2) is 4.98 Å². The molecule has 1 unspecified atom stereocenters. The molecule has 3 aliphatic rings. The number of hydrogen-bond acceptors (Lipinski definition) is 4.